The Morgan fingerprint density at radius 3 is 2.57 bits per heavy atom. The van der Waals surface area contributed by atoms with E-state index in [2.05, 4.69) is 0 Å². The molecule has 23 heavy (non-hydrogen) atoms. The van der Waals surface area contributed by atoms with Crippen LogP contribution in [0.25, 0.3) is 0 Å². The van der Waals surface area contributed by atoms with Gasteiger partial charge in [0.05, 0.1) is 18.5 Å². The molecule has 1 saturated carbocycles. The van der Waals surface area contributed by atoms with Crippen LogP contribution in [-0.4, -0.2) is 50.0 Å². The van der Waals surface area contributed by atoms with Gasteiger partial charge >= 0.3 is 0 Å². The van der Waals surface area contributed by atoms with Crippen molar-refractivity contribution >= 4 is 21.9 Å². The molecule has 1 aromatic carbocycles. The van der Waals surface area contributed by atoms with Gasteiger partial charge in [0.1, 0.15) is 12.4 Å². The summed E-state index contributed by atoms with van der Waals surface area (Å²) in [6.07, 6.45) is 4.17. The molecule has 1 aromatic rings. The molecule has 0 radical (unpaired) electrons. The first-order valence-electron chi connectivity index (χ1n) is 7.78. The van der Waals surface area contributed by atoms with Crippen LogP contribution in [0.1, 0.15) is 30.7 Å². The van der Waals surface area contributed by atoms with E-state index in [1.54, 1.807) is 11.8 Å². The summed E-state index contributed by atoms with van der Waals surface area (Å²) in [5, 5.41) is -0.681. The van der Waals surface area contributed by atoms with Crippen molar-refractivity contribution in [2.45, 2.75) is 30.4 Å². The summed E-state index contributed by atoms with van der Waals surface area (Å²) in [6.45, 7) is 1.77. The molecular formula is C16H24O5S2. The molecule has 0 saturated heterocycles. The van der Waals surface area contributed by atoms with E-state index >= 15 is 0 Å². The normalized spacial score (nSPS) is 21.5. The van der Waals surface area contributed by atoms with Crippen molar-refractivity contribution in [2.24, 2.45) is 0 Å². The maximum atomic E-state index is 11.4. The molecule has 130 valence electrons. The van der Waals surface area contributed by atoms with Gasteiger partial charge in [-0.25, -0.2) is 0 Å². The van der Waals surface area contributed by atoms with Crippen LogP contribution in [0.4, 0.5) is 0 Å². The first kappa shape index (κ1) is 18.6. The van der Waals surface area contributed by atoms with Gasteiger partial charge in [0.15, 0.2) is 0 Å². The number of rotatable bonds is 9. The molecule has 0 spiro atoms. The van der Waals surface area contributed by atoms with Gasteiger partial charge < -0.3 is 9.47 Å². The highest BCUT2D eigenvalue weighted by Gasteiger charge is 2.37. The predicted molar refractivity (Wildman–Crippen MR) is 93.1 cm³/mol. The van der Waals surface area contributed by atoms with Crippen LogP contribution >= 0.6 is 11.8 Å². The summed E-state index contributed by atoms with van der Waals surface area (Å²) in [7, 11) is -3.98. The number of ether oxygens (including phenoxy) is 2. The smallest absolute Gasteiger partial charge is 0.268 e. The molecule has 1 aliphatic rings. The van der Waals surface area contributed by atoms with E-state index < -0.39 is 15.4 Å². The van der Waals surface area contributed by atoms with Gasteiger partial charge in [0.2, 0.25) is 0 Å². The first-order chi connectivity index (χ1) is 11.0. The van der Waals surface area contributed by atoms with E-state index in [0.29, 0.717) is 19.6 Å². The number of thioether (sulfide) groups is 1. The van der Waals surface area contributed by atoms with Crippen LogP contribution in [0.5, 0.6) is 5.75 Å². The molecular weight excluding hydrogens is 336 g/mol. The zero-order valence-corrected chi connectivity index (χ0v) is 14.9. The number of hydrogen-bond acceptors (Lipinski definition) is 5. The molecule has 1 N–H and O–H groups in total. The van der Waals surface area contributed by atoms with Gasteiger partial charge in [-0.15, -0.1) is 0 Å². The summed E-state index contributed by atoms with van der Waals surface area (Å²) < 4.78 is 43.2. The molecule has 0 bridgehead atoms. The summed E-state index contributed by atoms with van der Waals surface area (Å²) in [4.78, 5) is 0. The second-order valence-corrected chi connectivity index (χ2v) is 8.23. The average molecular weight is 360 g/mol. The Kier molecular flexibility index (Phi) is 7.20. The Morgan fingerprint density at radius 1 is 1.17 bits per heavy atom. The Bertz CT molecular complexity index is 571. The van der Waals surface area contributed by atoms with E-state index in [4.69, 9.17) is 9.47 Å². The zero-order chi connectivity index (χ0) is 16.7. The van der Waals surface area contributed by atoms with Crippen LogP contribution < -0.4 is 4.74 Å². The minimum atomic E-state index is -3.98. The molecule has 1 aliphatic carbocycles. The van der Waals surface area contributed by atoms with Crippen molar-refractivity contribution in [1.82, 2.24) is 0 Å². The maximum absolute atomic E-state index is 11.4. The Balaban J connectivity index is 1.85. The molecule has 0 heterocycles. The lowest BCUT2D eigenvalue weighted by Crippen LogP contribution is -2.23. The average Bonchev–Trinajstić information content (AvgIpc) is 3.01. The summed E-state index contributed by atoms with van der Waals surface area (Å²) in [5.41, 5.74) is 0.939. The van der Waals surface area contributed by atoms with Gasteiger partial charge in [-0.1, -0.05) is 18.6 Å². The van der Waals surface area contributed by atoms with E-state index in [1.165, 1.54) is 0 Å². The molecule has 0 aliphatic heterocycles. The quantitative estimate of drug-likeness (QED) is 0.539. The first-order valence-corrected chi connectivity index (χ1v) is 10.7. The van der Waals surface area contributed by atoms with Crippen LogP contribution in [0.15, 0.2) is 24.3 Å². The largest absolute Gasteiger partial charge is 0.491 e. The van der Waals surface area contributed by atoms with Gasteiger partial charge in [-0.2, -0.15) is 20.2 Å². The molecule has 7 heteroatoms. The van der Waals surface area contributed by atoms with E-state index in [0.717, 1.165) is 36.5 Å². The van der Waals surface area contributed by atoms with Crippen LogP contribution in [0.2, 0.25) is 0 Å². The van der Waals surface area contributed by atoms with E-state index in [1.807, 2.05) is 30.5 Å². The van der Waals surface area contributed by atoms with Crippen molar-refractivity contribution in [1.29, 1.82) is 0 Å². The fourth-order valence-corrected chi connectivity index (χ4v) is 4.40. The lowest BCUT2D eigenvalue weighted by molar-refractivity contribution is 0.112. The van der Waals surface area contributed by atoms with Gasteiger partial charge in [0.25, 0.3) is 10.1 Å². The van der Waals surface area contributed by atoms with Crippen LogP contribution in [-0.2, 0) is 14.9 Å². The highest BCUT2D eigenvalue weighted by Crippen LogP contribution is 2.38. The number of hydrogen-bond donors (Lipinski definition) is 1. The highest BCUT2D eigenvalue weighted by atomic mass is 32.2. The van der Waals surface area contributed by atoms with Crippen molar-refractivity contribution in [2.75, 3.05) is 31.8 Å². The zero-order valence-electron chi connectivity index (χ0n) is 13.3. The maximum Gasteiger partial charge on any atom is 0.268 e. The molecule has 0 aromatic heterocycles. The van der Waals surface area contributed by atoms with Crippen molar-refractivity contribution in [3.8, 4) is 5.75 Å². The SMILES string of the molecule is CSCCOCCOc1ccc(C2CCCC2S(=O)(=O)O)cc1. The molecule has 2 atom stereocenters. The minimum Gasteiger partial charge on any atom is -0.491 e. The molecule has 5 nitrogen and oxygen atoms in total. The summed E-state index contributed by atoms with van der Waals surface area (Å²) in [5.74, 6) is 1.59. The fourth-order valence-electron chi connectivity index (χ4n) is 2.94. The third-order valence-electron chi connectivity index (χ3n) is 4.07. The highest BCUT2D eigenvalue weighted by molar-refractivity contribution is 7.98. The fraction of sp³-hybridized carbons (Fsp3) is 0.625. The third-order valence-corrected chi connectivity index (χ3v) is 5.98. The van der Waals surface area contributed by atoms with E-state index in [-0.39, 0.29) is 5.92 Å². The Morgan fingerprint density at radius 2 is 1.91 bits per heavy atom. The monoisotopic (exact) mass is 360 g/mol. The second-order valence-electron chi connectivity index (χ2n) is 5.61. The van der Waals surface area contributed by atoms with Crippen molar-refractivity contribution in [3.05, 3.63) is 29.8 Å². The Labute approximate surface area is 142 Å². The third kappa shape index (κ3) is 5.67. The molecule has 2 unspecified atom stereocenters. The molecule has 1 fully saturated rings. The minimum absolute atomic E-state index is 0.131. The van der Waals surface area contributed by atoms with Gasteiger partial charge in [-0.05, 0) is 36.8 Å². The molecule has 0 amide bonds. The van der Waals surface area contributed by atoms with Crippen LogP contribution in [0.3, 0.4) is 0 Å². The van der Waals surface area contributed by atoms with E-state index in [9.17, 15) is 13.0 Å². The lowest BCUT2D eigenvalue weighted by Gasteiger charge is -2.17. The van der Waals surface area contributed by atoms with Crippen molar-refractivity contribution in [3.63, 3.8) is 0 Å². The second kappa shape index (κ2) is 8.92. The van der Waals surface area contributed by atoms with Gasteiger partial charge in [0, 0.05) is 11.7 Å². The number of benzene rings is 1. The molecule has 2 rings (SSSR count). The summed E-state index contributed by atoms with van der Waals surface area (Å²) >= 11 is 1.75. The summed E-state index contributed by atoms with van der Waals surface area (Å²) in [6, 6.07) is 7.46. The lowest BCUT2D eigenvalue weighted by atomic mass is 9.97. The standard InChI is InChI=1S/C16H24O5S2/c1-22-12-11-20-9-10-21-14-7-5-13(6-8-14)15-3-2-4-16(15)23(17,18)19/h5-8,15-16H,2-4,9-12H2,1H3,(H,17,18,19). The van der Waals surface area contributed by atoms with Crippen molar-refractivity contribution < 1.29 is 22.4 Å². The predicted octanol–water partition coefficient (Wildman–Crippen LogP) is 2.97. The topological polar surface area (TPSA) is 72.8 Å². The van der Waals surface area contributed by atoms with Crippen LogP contribution in [0, 0.1) is 0 Å². The van der Waals surface area contributed by atoms with Gasteiger partial charge in [-0.3, -0.25) is 4.55 Å². The Hall–Kier alpha value is -0.760.